The zero-order valence-electron chi connectivity index (χ0n) is 22.0. The summed E-state index contributed by atoms with van der Waals surface area (Å²) in [5.74, 6) is -5.52. The van der Waals surface area contributed by atoms with Crippen LogP contribution in [0, 0.1) is 11.8 Å². The van der Waals surface area contributed by atoms with E-state index in [-0.39, 0.29) is 12.5 Å². The van der Waals surface area contributed by atoms with Crippen molar-refractivity contribution in [2.24, 2.45) is 17.0 Å². The van der Waals surface area contributed by atoms with Gasteiger partial charge in [-0.2, -0.15) is 0 Å². The number of aliphatic hydroxyl groups is 1. The van der Waals surface area contributed by atoms with Crippen molar-refractivity contribution in [2.45, 2.75) is 48.7 Å². The van der Waals surface area contributed by atoms with Crippen LogP contribution in [0.25, 0.3) is 21.6 Å². The Balaban J connectivity index is 1.79. The number of alkyl halides is 1. The molecule has 1 fully saturated rings. The number of nitrogens with zero attached hydrogens (tertiary/aromatic N) is 3. The lowest BCUT2D eigenvalue weighted by atomic mass is 9.79. The summed E-state index contributed by atoms with van der Waals surface area (Å²) >= 11 is 1.80. The van der Waals surface area contributed by atoms with Crippen LogP contribution in [0.5, 0.6) is 0 Å². The SMILES string of the molecule is COC(=O)[C@@]1(O)OC([C@H](C)[C@@H](CNC(=O)c2ccc(-c3ccccc3)cc2)OC(C)=O)[C@H](C)[C@H](N=[N+]=[N-])C1I. The monoisotopic (exact) mass is 650 g/mol. The van der Waals surface area contributed by atoms with E-state index in [0.29, 0.717) is 5.56 Å². The van der Waals surface area contributed by atoms with Crippen LogP contribution in [0.2, 0.25) is 0 Å². The maximum absolute atomic E-state index is 12.9. The largest absolute Gasteiger partial charge is 0.465 e. The Morgan fingerprint density at radius 1 is 1.18 bits per heavy atom. The average molecular weight is 650 g/mol. The Morgan fingerprint density at radius 3 is 2.36 bits per heavy atom. The van der Waals surface area contributed by atoms with Crippen molar-refractivity contribution < 1.29 is 33.7 Å². The van der Waals surface area contributed by atoms with Crippen LogP contribution in [0.4, 0.5) is 0 Å². The van der Waals surface area contributed by atoms with E-state index in [9.17, 15) is 19.5 Å². The molecule has 0 bridgehead atoms. The molecule has 1 heterocycles. The summed E-state index contributed by atoms with van der Waals surface area (Å²) in [6.45, 7) is 4.63. The summed E-state index contributed by atoms with van der Waals surface area (Å²) in [5.41, 5.74) is 11.5. The molecule has 2 aromatic carbocycles. The minimum atomic E-state index is -2.40. The molecular weight excluding hydrogens is 619 g/mol. The number of hydrogen-bond acceptors (Lipinski definition) is 8. The molecule has 12 heteroatoms. The summed E-state index contributed by atoms with van der Waals surface area (Å²) in [6, 6.07) is 16.0. The first-order valence-electron chi connectivity index (χ1n) is 12.3. The first kappa shape index (κ1) is 30.4. The standard InChI is InChI=1S/C27H31IN4O7/c1-15(23-16(2)22(31-32-29)24(28)27(36,39-23)26(35)37-4)21(38-17(3)33)14-30-25(34)20-12-10-19(11-13-20)18-8-6-5-7-9-18/h5-13,15-16,21-24,36H,14H2,1-4H3,(H,30,34)/t15-,16-,21-,22+,23?,24?,27+/m1/s1. The average Bonchev–Trinajstić information content (AvgIpc) is 2.94. The highest BCUT2D eigenvalue weighted by molar-refractivity contribution is 14.1. The lowest BCUT2D eigenvalue weighted by Crippen LogP contribution is -2.64. The number of amides is 1. The summed E-state index contributed by atoms with van der Waals surface area (Å²) in [4.78, 5) is 40.2. The normalized spacial score (nSPS) is 25.9. The second-order valence-corrected chi connectivity index (χ2v) is 10.7. The number of carbonyl (C=O) groups is 3. The van der Waals surface area contributed by atoms with Crippen LogP contribution in [0.3, 0.4) is 0 Å². The summed E-state index contributed by atoms with van der Waals surface area (Å²) < 4.78 is 15.2. The highest BCUT2D eigenvalue weighted by Gasteiger charge is 2.58. The highest BCUT2D eigenvalue weighted by Crippen LogP contribution is 2.42. The van der Waals surface area contributed by atoms with Crippen LogP contribution in [0.1, 0.15) is 31.1 Å². The summed E-state index contributed by atoms with van der Waals surface area (Å²) in [6.07, 6.45) is -1.79. The molecular formula is C27H31IN4O7. The molecule has 1 aliphatic heterocycles. The van der Waals surface area contributed by atoms with Gasteiger partial charge in [0.15, 0.2) is 0 Å². The van der Waals surface area contributed by atoms with Gasteiger partial charge < -0.3 is 24.6 Å². The Kier molecular flexibility index (Phi) is 10.3. The predicted octanol–water partition coefficient (Wildman–Crippen LogP) is 4.03. The van der Waals surface area contributed by atoms with Crippen LogP contribution in [-0.2, 0) is 23.8 Å². The number of benzene rings is 2. The smallest absolute Gasteiger partial charge is 0.367 e. The number of azide groups is 1. The molecule has 0 radical (unpaired) electrons. The van der Waals surface area contributed by atoms with Gasteiger partial charge in [-0.3, -0.25) is 9.59 Å². The van der Waals surface area contributed by atoms with Gasteiger partial charge in [-0.25, -0.2) is 4.79 Å². The fourth-order valence-electron chi connectivity index (χ4n) is 4.69. The molecule has 0 aliphatic carbocycles. The minimum absolute atomic E-state index is 0.0664. The summed E-state index contributed by atoms with van der Waals surface area (Å²) in [5, 5.41) is 17.7. The van der Waals surface area contributed by atoms with E-state index in [1.165, 1.54) is 6.92 Å². The number of ether oxygens (including phenoxy) is 3. The van der Waals surface area contributed by atoms with E-state index >= 15 is 0 Å². The predicted molar refractivity (Wildman–Crippen MR) is 151 cm³/mol. The third-order valence-corrected chi connectivity index (χ3v) is 8.43. The fourth-order valence-corrected chi connectivity index (χ4v) is 5.89. The molecule has 3 rings (SSSR count). The molecule has 2 unspecified atom stereocenters. The van der Waals surface area contributed by atoms with Gasteiger partial charge in [-0.05, 0) is 34.7 Å². The zero-order chi connectivity index (χ0) is 28.7. The summed E-state index contributed by atoms with van der Waals surface area (Å²) in [7, 11) is 1.11. The molecule has 2 N–H and O–H groups in total. The van der Waals surface area contributed by atoms with Crippen molar-refractivity contribution in [3.63, 3.8) is 0 Å². The van der Waals surface area contributed by atoms with E-state index in [1.807, 2.05) is 42.5 Å². The number of halogens is 1. The molecule has 1 amide bonds. The van der Waals surface area contributed by atoms with Gasteiger partial charge in [0.2, 0.25) is 0 Å². The van der Waals surface area contributed by atoms with Gasteiger partial charge in [0.05, 0.1) is 29.7 Å². The number of hydrogen-bond donors (Lipinski definition) is 2. The van der Waals surface area contributed by atoms with E-state index < -0.39 is 51.7 Å². The van der Waals surface area contributed by atoms with Crippen LogP contribution >= 0.6 is 22.6 Å². The first-order chi connectivity index (χ1) is 18.5. The number of carbonyl (C=O) groups excluding carboxylic acids is 3. The molecule has 1 aliphatic rings. The van der Waals surface area contributed by atoms with E-state index in [1.54, 1.807) is 48.6 Å². The van der Waals surface area contributed by atoms with E-state index in [4.69, 9.17) is 19.7 Å². The highest BCUT2D eigenvalue weighted by atomic mass is 127. The second kappa shape index (κ2) is 13.2. The van der Waals surface area contributed by atoms with E-state index in [2.05, 4.69) is 15.3 Å². The van der Waals surface area contributed by atoms with Crippen LogP contribution < -0.4 is 5.32 Å². The minimum Gasteiger partial charge on any atom is -0.465 e. The van der Waals surface area contributed by atoms with Crippen molar-refractivity contribution in [3.8, 4) is 11.1 Å². The van der Waals surface area contributed by atoms with Crippen molar-refractivity contribution in [1.29, 1.82) is 0 Å². The molecule has 2 aromatic rings. The van der Waals surface area contributed by atoms with Crippen molar-refractivity contribution in [2.75, 3.05) is 13.7 Å². The third kappa shape index (κ3) is 6.88. The van der Waals surface area contributed by atoms with Crippen molar-refractivity contribution in [1.82, 2.24) is 5.32 Å². The quantitative estimate of drug-likeness (QED) is 0.104. The number of nitrogens with one attached hydrogen (secondary N) is 1. The Morgan fingerprint density at radius 2 is 1.79 bits per heavy atom. The Hall–Kier alpha value is -3.19. The molecule has 0 saturated carbocycles. The second-order valence-electron chi connectivity index (χ2n) is 9.39. The van der Waals surface area contributed by atoms with Crippen LogP contribution in [0.15, 0.2) is 59.7 Å². The van der Waals surface area contributed by atoms with Gasteiger partial charge >= 0.3 is 11.9 Å². The van der Waals surface area contributed by atoms with Gasteiger partial charge in [-0.15, -0.1) is 0 Å². The molecule has 39 heavy (non-hydrogen) atoms. The lowest BCUT2D eigenvalue weighted by molar-refractivity contribution is -0.275. The van der Waals surface area contributed by atoms with Gasteiger partial charge in [0.1, 0.15) is 6.10 Å². The lowest BCUT2D eigenvalue weighted by Gasteiger charge is -2.48. The van der Waals surface area contributed by atoms with Gasteiger partial charge in [0, 0.05) is 23.3 Å². The molecule has 208 valence electrons. The van der Waals surface area contributed by atoms with Gasteiger partial charge in [0.25, 0.3) is 11.7 Å². The van der Waals surface area contributed by atoms with Crippen molar-refractivity contribution in [3.05, 3.63) is 70.6 Å². The molecule has 0 spiro atoms. The number of esters is 2. The maximum atomic E-state index is 12.9. The van der Waals surface area contributed by atoms with Gasteiger partial charge in [-0.1, -0.05) is 84.0 Å². The Labute approximate surface area is 240 Å². The Bertz CT molecular complexity index is 1220. The first-order valence-corrected chi connectivity index (χ1v) is 13.6. The number of rotatable bonds is 9. The number of methoxy groups -OCH3 is 1. The maximum Gasteiger partial charge on any atom is 0.367 e. The molecule has 11 nitrogen and oxygen atoms in total. The molecule has 1 saturated heterocycles. The topological polar surface area (TPSA) is 160 Å². The molecule has 0 aromatic heterocycles. The van der Waals surface area contributed by atoms with E-state index in [0.717, 1.165) is 18.2 Å². The van der Waals surface area contributed by atoms with Crippen molar-refractivity contribution >= 4 is 40.4 Å². The third-order valence-electron chi connectivity index (χ3n) is 6.85. The molecule has 7 atom stereocenters. The van der Waals surface area contributed by atoms with Crippen LogP contribution in [-0.4, -0.2) is 64.6 Å². The zero-order valence-corrected chi connectivity index (χ0v) is 24.1. The fraction of sp³-hybridized carbons (Fsp3) is 0.444.